The molecule has 2 aromatic carbocycles. The Kier molecular flexibility index (Phi) is 4.45. The summed E-state index contributed by atoms with van der Waals surface area (Å²) in [6, 6.07) is 13.1. The van der Waals surface area contributed by atoms with E-state index in [2.05, 4.69) is 10.3 Å². The van der Waals surface area contributed by atoms with E-state index in [1.165, 1.54) is 0 Å². The first-order chi connectivity index (χ1) is 12.7. The highest BCUT2D eigenvalue weighted by Crippen LogP contribution is 2.28. The smallest absolute Gasteiger partial charge is 0.242 e. The summed E-state index contributed by atoms with van der Waals surface area (Å²) in [6.07, 6.45) is 0. The number of aromatic nitrogens is 1. The number of nitrogens with two attached hydrogens (primary N) is 1. The van der Waals surface area contributed by atoms with Gasteiger partial charge in [-0.15, -0.1) is 0 Å². The van der Waals surface area contributed by atoms with Crippen LogP contribution < -0.4 is 11.1 Å². The fourth-order valence-electron chi connectivity index (χ4n) is 2.95. The Hall–Kier alpha value is -3.06. The van der Waals surface area contributed by atoms with Crippen molar-refractivity contribution in [3.8, 4) is 11.5 Å². The number of nitrogen functional groups attached to an aromatic ring is 1. The van der Waals surface area contributed by atoms with E-state index in [1.54, 1.807) is 11.0 Å². The molecule has 1 aromatic heterocycles. The molecular formula is C19H20N4O3. The second kappa shape index (κ2) is 7.05. The van der Waals surface area contributed by atoms with Gasteiger partial charge in [0, 0.05) is 18.7 Å². The van der Waals surface area contributed by atoms with Crippen molar-refractivity contribution in [3.05, 3.63) is 42.5 Å². The van der Waals surface area contributed by atoms with Crippen LogP contribution in [0.1, 0.15) is 0 Å². The van der Waals surface area contributed by atoms with Gasteiger partial charge in [0.15, 0.2) is 5.58 Å². The van der Waals surface area contributed by atoms with E-state index in [4.69, 9.17) is 14.9 Å². The first-order valence-corrected chi connectivity index (χ1v) is 8.55. The van der Waals surface area contributed by atoms with Gasteiger partial charge in [-0.1, -0.05) is 12.1 Å². The van der Waals surface area contributed by atoms with Crippen LogP contribution in [0.5, 0.6) is 0 Å². The number of ether oxygens (including phenoxy) is 1. The largest absolute Gasteiger partial charge is 0.436 e. The number of nitrogens with zero attached hydrogens (tertiary/aromatic N) is 2. The first kappa shape index (κ1) is 16.4. The van der Waals surface area contributed by atoms with Gasteiger partial charge >= 0.3 is 0 Å². The summed E-state index contributed by atoms with van der Waals surface area (Å²) >= 11 is 0. The van der Waals surface area contributed by atoms with Crippen molar-refractivity contribution >= 4 is 28.4 Å². The van der Waals surface area contributed by atoms with Crippen LogP contribution in [0, 0.1) is 0 Å². The second-order valence-corrected chi connectivity index (χ2v) is 6.14. The summed E-state index contributed by atoms with van der Waals surface area (Å²) in [5.41, 5.74) is 9.73. The van der Waals surface area contributed by atoms with Gasteiger partial charge in [0.25, 0.3) is 0 Å². The molecule has 1 aliphatic rings. The van der Waals surface area contributed by atoms with Crippen molar-refractivity contribution in [2.45, 2.75) is 0 Å². The molecule has 7 heteroatoms. The molecule has 3 N–H and O–H groups in total. The van der Waals surface area contributed by atoms with Gasteiger partial charge in [-0.05, 0) is 30.3 Å². The number of para-hydroxylation sites is 2. The lowest BCUT2D eigenvalue weighted by atomic mass is 10.1. The lowest BCUT2D eigenvalue weighted by molar-refractivity contribution is -0.133. The Morgan fingerprint density at radius 2 is 2.00 bits per heavy atom. The van der Waals surface area contributed by atoms with Crippen LogP contribution in [0.3, 0.4) is 0 Å². The highest BCUT2D eigenvalue weighted by atomic mass is 16.5. The number of carbonyl (C=O) groups excluding carboxylic acids is 1. The molecule has 2 heterocycles. The van der Waals surface area contributed by atoms with E-state index in [0.717, 1.165) is 16.7 Å². The molecule has 26 heavy (non-hydrogen) atoms. The third kappa shape index (κ3) is 3.34. The van der Waals surface area contributed by atoms with E-state index in [9.17, 15) is 4.79 Å². The quantitative estimate of drug-likeness (QED) is 0.700. The van der Waals surface area contributed by atoms with Crippen molar-refractivity contribution in [2.75, 3.05) is 43.9 Å². The van der Waals surface area contributed by atoms with Crippen molar-refractivity contribution in [1.29, 1.82) is 0 Å². The second-order valence-electron chi connectivity index (χ2n) is 6.14. The summed E-state index contributed by atoms with van der Waals surface area (Å²) in [6.45, 7) is 2.64. The number of hydrogen-bond donors (Lipinski definition) is 2. The molecule has 0 aliphatic carbocycles. The Labute approximate surface area is 150 Å². The maximum absolute atomic E-state index is 12.2. The average Bonchev–Trinajstić information content (AvgIpc) is 3.11. The molecule has 0 atom stereocenters. The Balaban J connectivity index is 1.46. The number of carbonyl (C=O) groups is 1. The number of morpholine rings is 1. The molecular weight excluding hydrogens is 332 g/mol. The third-order valence-corrected chi connectivity index (χ3v) is 4.39. The monoisotopic (exact) mass is 352 g/mol. The molecule has 3 aromatic rings. The topological polar surface area (TPSA) is 93.6 Å². The minimum Gasteiger partial charge on any atom is -0.436 e. The van der Waals surface area contributed by atoms with Gasteiger partial charge in [-0.3, -0.25) is 4.79 Å². The minimum atomic E-state index is 0.0377. The molecule has 1 amide bonds. The fourth-order valence-corrected chi connectivity index (χ4v) is 2.95. The molecule has 4 rings (SSSR count). The predicted octanol–water partition coefficient (Wildman–Crippen LogP) is 2.35. The standard InChI is InChI=1S/C19H20N4O3/c20-14-11-13(19-22-16-3-1-2-4-17(16)26-19)5-6-15(14)21-12-18(24)23-7-9-25-10-8-23/h1-6,11,21H,7-10,12,20H2. The van der Waals surface area contributed by atoms with Gasteiger partial charge in [0.1, 0.15) is 5.52 Å². The lowest BCUT2D eigenvalue weighted by Crippen LogP contribution is -2.43. The molecule has 1 saturated heterocycles. The van der Waals surface area contributed by atoms with Crippen molar-refractivity contribution < 1.29 is 13.9 Å². The van der Waals surface area contributed by atoms with Gasteiger partial charge in [-0.2, -0.15) is 0 Å². The number of amides is 1. The van der Waals surface area contributed by atoms with Gasteiger partial charge in [0.2, 0.25) is 11.8 Å². The van der Waals surface area contributed by atoms with Crippen LogP contribution in [-0.4, -0.2) is 48.6 Å². The first-order valence-electron chi connectivity index (χ1n) is 8.55. The number of fused-ring (bicyclic) bond motifs is 1. The van der Waals surface area contributed by atoms with Crippen LogP contribution in [-0.2, 0) is 9.53 Å². The molecule has 0 bridgehead atoms. The van der Waals surface area contributed by atoms with Crippen LogP contribution in [0.15, 0.2) is 46.9 Å². The van der Waals surface area contributed by atoms with Crippen LogP contribution in [0.25, 0.3) is 22.6 Å². The molecule has 0 radical (unpaired) electrons. The van der Waals surface area contributed by atoms with E-state index in [0.29, 0.717) is 43.6 Å². The molecule has 0 spiro atoms. The highest BCUT2D eigenvalue weighted by Gasteiger charge is 2.17. The zero-order valence-electron chi connectivity index (χ0n) is 14.3. The Morgan fingerprint density at radius 1 is 1.19 bits per heavy atom. The molecule has 7 nitrogen and oxygen atoms in total. The summed E-state index contributed by atoms with van der Waals surface area (Å²) in [5.74, 6) is 0.560. The van der Waals surface area contributed by atoms with Gasteiger partial charge < -0.3 is 25.1 Å². The van der Waals surface area contributed by atoms with Crippen LogP contribution >= 0.6 is 0 Å². The SMILES string of the molecule is Nc1cc(-c2nc3ccccc3o2)ccc1NCC(=O)N1CCOCC1. The highest BCUT2D eigenvalue weighted by molar-refractivity contribution is 5.83. The summed E-state index contributed by atoms with van der Waals surface area (Å²) in [7, 11) is 0. The predicted molar refractivity (Wildman–Crippen MR) is 99.7 cm³/mol. The average molecular weight is 352 g/mol. The van der Waals surface area contributed by atoms with E-state index >= 15 is 0 Å². The van der Waals surface area contributed by atoms with Gasteiger partial charge in [0.05, 0.1) is 31.1 Å². The van der Waals surface area contributed by atoms with Crippen molar-refractivity contribution in [2.24, 2.45) is 0 Å². The third-order valence-electron chi connectivity index (χ3n) is 4.39. The summed E-state index contributed by atoms with van der Waals surface area (Å²) in [4.78, 5) is 18.5. The molecule has 0 unspecified atom stereocenters. The lowest BCUT2D eigenvalue weighted by Gasteiger charge is -2.27. The zero-order valence-corrected chi connectivity index (χ0v) is 14.3. The van der Waals surface area contributed by atoms with E-state index in [-0.39, 0.29) is 12.5 Å². The number of anilines is 2. The van der Waals surface area contributed by atoms with Crippen LogP contribution in [0.2, 0.25) is 0 Å². The number of benzene rings is 2. The van der Waals surface area contributed by atoms with Crippen molar-refractivity contribution in [1.82, 2.24) is 9.88 Å². The van der Waals surface area contributed by atoms with E-state index in [1.807, 2.05) is 36.4 Å². The normalized spacial score (nSPS) is 14.5. The maximum atomic E-state index is 12.2. The zero-order chi connectivity index (χ0) is 17.9. The number of rotatable bonds is 4. The molecule has 1 fully saturated rings. The molecule has 0 saturated carbocycles. The maximum Gasteiger partial charge on any atom is 0.242 e. The van der Waals surface area contributed by atoms with E-state index < -0.39 is 0 Å². The number of hydrogen-bond acceptors (Lipinski definition) is 6. The number of nitrogens with one attached hydrogen (secondary N) is 1. The summed E-state index contributed by atoms with van der Waals surface area (Å²) < 4.78 is 11.0. The minimum absolute atomic E-state index is 0.0377. The van der Waals surface area contributed by atoms with Gasteiger partial charge in [-0.25, -0.2) is 4.98 Å². The Bertz CT molecular complexity index is 898. The van der Waals surface area contributed by atoms with Crippen LogP contribution in [0.4, 0.5) is 11.4 Å². The molecule has 1 aliphatic heterocycles. The Morgan fingerprint density at radius 3 is 2.77 bits per heavy atom. The van der Waals surface area contributed by atoms with Crippen molar-refractivity contribution in [3.63, 3.8) is 0 Å². The molecule has 134 valence electrons. The summed E-state index contributed by atoms with van der Waals surface area (Å²) in [5, 5.41) is 3.11. The fraction of sp³-hybridized carbons (Fsp3) is 0.263. The number of oxazole rings is 1.